The first kappa shape index (κ1) is 12.7. The third-order valence-corrected chi connectivity index (χ3v) is 4.93. The Balaban J connectivity index is 1.90. The molecule has 2 saturated heterocycles. The van der Waals surface area contributed by atoms with Crippen LogP contribution in [0.15, 0.2) is 0 Å². The zero-order chi connectivity index (χ0) is 11.6. The lowest BCUT2D eigenvalue weighted by molar-refractivity contribution is -0.0892. The quantitative estimate of drug-likeness (QED) is 0.814. The lowest BCUT2D eigenvalue weighted by atomic mass is 9.89. The van der Waals surface area contributed by atoms with E-state index in [4.69, 9.17) is 4.74 Å². The van der Waals surface area contributed by atoms with E-state index in [0.717, 1.165) is 31.7 Å². The smallest absolute Gasteiger partial charge is 0.0795 e. The highest BCUT2D eigenvalue weighted by Gasteiger charge is 2.41. The topological polar surface area (TPSA) is 32.7 Å². The molecule has 2 aliphatic rings. The molecule has 16 heavy (non-hydrogen) atoms. The highest BCUT2D eigenvalue weighted by Crippen LogP contribution is 2.39. The van der Waals surface area contributed by atoms with Crippen LogP contribution in [0.2, 0.25) is 0 Å². The summed E-state index contributed by atoms with van der Waals surface area (Å²) in [5.41, 5.74) is 0.153. The third-order valence-electron chi connectivity index (χ3n) is 3.71. The summed E-state index contributed by atoms with van der Waals surface area (Å²) < 4.78 is 6.00. The van der Waals surface area contributed by atoms with Crippen LogP contribution in [0.4, 0.5) is 0 Å². The van der Waals surface area contributed by atoms with Crippen LogP contribution >= 0.6 is 11.8 Å². The molecular weight excluding hydrogens is 222 g/mol. The van der Waals surface area contributed by atoms with Gasteiger partial charge in [-0.2, -0.15) is 11.8 Å². The number of hydrogen-bond donors (Lipinski definition) is 1. The van der Waals surface area contributed by atoms with E-state index < -0.39 is 0 Å². The number of thioether (sulfide) groups is 1. The molecule has 94 valence electrons. The highest BCUT2D eigenvalue weighted by molar-refractivity contribution is 7.99. The zero-order valence-electron chi connectivity index (χ0n) is 10.3. The molecule has 3 unspecified atom stereocenters. The molecule has 3 atom stereocenters. The maximum Gasteiger partial charge on any atom is 0.0795 e. The number of likely N-dealkylation sites (N-methyl/N-ethyl adjacent to an activating group) is 1. The summed E-state index contributed by atoms with van der Waals surface area (Å²) in [4.78, 5) is 2.30. The zero-order valence-corrected chi connectivity index (χ0v) is 11.1. The number of aliphatic hydroxyl groups is 1. The molecule has 0 saturated carbocycles. The summed E-state index contributed by atoms with van der Waals surface area (Å²) in [5.74, 6) is 2.40. The lowest BCUT2D eigenvalue weighted by Crippen LogP contribution is -2.49. The van der Waals surface area contributed by atoms with Gasteiger partial charge in [0, 0.05) is 24.9 Å². The van der Waals surface area contributed by atoms with E-state index in [1.165, 1.54) is 12.2 Å². The van der Waals surface area contributed by atoms with Crippen LogP contribution in [-0.2, 0) is 4.74 Å². The van der Waals surface area contributed by atoms with E-state index in [-0.39, 0.29) is 11.7 Å². The predicted molar refractivity (Wildman–Crippen MR) is 68.0 cm³/mol. The maximum atomic E-state index is 9.43. The van der Waals surface area contributed by atoms with Gasteiger partial charge in [0.05, 0.1) is 11.7 Å². The van der Waals surface area contributed by atoms with Gasteiger partial charge in [-0.25, -0.2) is 0 Å². The van der Waals surface area contributed by atoms with Crippen molar-refractivity contribution in [2.24, 2.45) is 0 Å². The monoisotopic (exact) mass is 245 g/mol. The van der Waals surface area contributed by atoms with Gasteiger partial charge in [-0.15, -0.1) is 0 Å². The predicted octanol–water partition coefficient (Wildman–Crippen LogP) is 1.35. The van der Waals surface area contributed by atoms with Crippen molar-refractivity contribution in [2.45, 2.75) is 43.9 Å². The van der Waals surface area contributed by atoms with Crippen molar-refractivity contribution in [2.75, 3.05) is 31.7 Å². The minimum absolute atomic E-state index is 0.153. The van der Waals surface area contributed by atoms with Crippen LogP contribution in [0.1, 0.15) is 26.2 Å². The summed E-state index contributed by atoms with van der Waals surface area (Å²) in [5, 5.41) is 9.43. The van der Waals surface area contributed by atoms with Gasteiger partial charge < -0.3 is 14.7 Å². The second-order valence-electron chi connectivity index (χ2n) is 5.27. The molecule has 1 spiro atoms. The van der Waals surface area contributed by atoms with Crippen molar-refractivity contribution in [1.82, 2.24) is 4.90 Å². The van der Waals surface area contributed by atoms with Crippen LogP contribution in [0.3, 0.4) is 0 Å². The SMILES string of the molecule is CC(O)CN(C)C1CCOC2(CCSC2)C1. The maximum absolute atomic E-state index is 9.43. The normalized spacial score (nSPS) is 37.1. The average Bonchev–Trinajstić information content (AvgIpc) is 2.65. The van der Waals surface area contributed by atoms with Crippen molar-refractivity contribution in [3.05, 3.63) is 0 Å². The molecule has 2 fully saturated rings. The summed E-state index contributed by atoms with van der Waals surface area (Å²) in [7, 11) is 2.12. The van der Waals surface area contributed by atoms with E-state index in [9.17, 15) is 5.11 Å². The first-order chi connectivity index (χ1) is 7.61. The summed E-state index contributed by atoms with van der Waals surface area (Å²) in [6.45, 7) is 3.51. The fraction of sp³-hybridized carbons (Fsp3) is 1.00. The van der Waals surface area contributed by atoms with Crippen LogP contribution in [0, 0.1) is 0 Å². The van der Waals surface area contributed by atoms with Gasteiger partial charge in [-0.05, 0) is 39.0 Å². The Morgan fingerprint density at radius 2 is 2.44 bits per heavy atom. The lowest BCUT2D eigenvalue weighted by Gasteiger charge is -2.41. The first-order valence-corrected chi connectivity index (χ1v) is 7.37. The largest absolute Gasteiger partial charge is 0.392 e. The number of ether oxygens (including phenoxy) is 1. The van der Waals surface area contributed by atoms with E-state index in [2.05, 4.69) is 11.9 Å². The van der Waals surface area contributed by atoms with Crippen molar-refractivity contribution >= 4 is 11.8 Å². The molecule has 4 heteroatoms. The van der Waals surface area contributed by atoms with Crippen molar-refractivity contribution in [3.8, 4) is 0 Å². The fourth-order valence-corrected chi connectivity index (χ4v) is 4.19. The van der Waals surface area contributed by atoms with Crippen LogP contribution < -0.4 is 0 Å². The average molecular weight is 245 g/mol. The first-order valence-electron chi connectivity index (χ1n) is 6.21. The Morgan fingerprint density at radius 3 is 3.06 bits per heavy atom. The van der Waals surface area contributed by atoms with Gasteiger partial charge in [-0.1, -0.05) is 0 Å². The molecule has 0 aromatic rings. The van der Waals surface area contributed by atoms with Crippen LogP contribution in [-0.4, -0.2) is 59.5 Å². The molecular formula is C12H23NO2S. The second-order valence-corrected chi connectivity index (χ2v) is 6.37. The molecule has 2 heterocycles. The summed E-state index contributed by atoms with van der Waals surface area (Å²) in [6.07, 6.45) is 3.22. The van der Waals surface area contributed by atoms with E-state index >= 15 is 0 Å². The van der Waals surface area contributed by atoms with E-state index in [0.29, 0.717) is 6.04 Å². The molecule has 2 rings (SSSR count). The molecule has 0 aromatic carbocycles. The Kier molecular flexibility index (Phi) is 4.16. The summed E-state index contributed by atoms with van der Waals surface area (Å²) >= 11 is 2.01. The van der Waals surface area contributed by atoms with E-state index in [1.807, 2.05) is 18.7 Å². The molecule has 0 radical (unpaired) electrons. The molecule has 0 amide bonds. The molecule has 0 bridgehead atoms. The molecule has 0 aromatic heterocycles. The third kappa shape index (κ3) is 2.92. The Labute approximate surface area is 103 Å². The van der Waals surface area contributed by atoms with E-state index in [1.54, 1.807) is 0 Å². The number of hydrogen-bond acceptors (Lipinski definition) is 4. The molecule has 1 N–H and O–H groups in total. The molecule has 2 aliphatic heterocycles. The van der Waals surface area contributed by atoms with Gasteiger partial charge in [0.1, 0.15) is 0 Å². The summed E-state index contributed by atoms with van der Waals surface area (Å²) in [6, 6.07) is 0.585. The standard InChI is InChI=1S/C12H23NO2S/c1-10(14)8-13(2)11-3-5-15-12(7-11)4-6-16-9-12/h10-11,14H,3-9H2,1-2H3. The fourth-order valence-electron chi connectivity index (χ4n) is 2.81. The van der Waals surface area contributed by atoms with Gasteiger partial charge in [0.15, 0.2) is 0 Å². The van der Waals surface area contributed by atoms with Crippen LogP contribution in [0.25, 0.3) is 0 Å². The number of rotatable bonds is 3. The van der Waals surface area contributed by atoms with Gasteiger partial charge in [-0.3, -0.25) is 0 Å². The number of nitrogens with zero attached hydrogens (tertiary/aromatic N) is 1. The van der Waals surface area contributed by atoms with Gasteiger partial charge >= 0.3 is 0 Å². The number of aliphatic hydroxyl groups excluding tert-OH is 1. The Bertz CT molecular complexity index is 229. The second kappa shape index (κ2) is 5.25. The minimum Gasteiger partial charge on any atom is -0.392 e. The molecule has 0 aliphatic carbocycles. The highest BCUT2D eigenvalue weighted by atomic mass is 32.2. The van der Waals surface area contributed by atoms with Gasteiger partial charge in [0.2, 0.25) is 0 Å². The van der Waals surface area contributed by atoms with Crippen LogP contribution in [0.5, 0.6) is 0 Å². The molecule has 3 nitrogen and oxygen atoms in total. The minimum atomic E-state index is -0.234. The van der Waals surface area contributed by atoms with Crippen molar-refractivity contribution in [1.29, 1.82) is 0 Å². The Morgan fingerprint density at radius 1 is 1.62 bits per heavy atom. The Hall–Kier alpha value is 0.230. The van der Waals surface area contributed by atoms with Gasteiger partial charge in [0.25, 0.3) is 0 Å². The van der Waals surface area contributed by atoms with Crippen molar-refractivity contribution in [3.63, 3.8) is 0 Å². The van der Waals surface area contributed by atoms with Crippen molar-refractivity contribution < 1.29 is 9.84 Å².